The third-order valence-corrected chi connectivity index (χ3v) is 3.13. The van der Waals surface area contributed by atoms with E-state index in [1.165, 1.54) is 0 Å². The number of halogens is 4. The van der Waals surface area contributed by atoms with Crippen molar-refractivity contribution >= 4 is 24.2 Å². The first-order valence-electron chi connectivity index (χ1n) is 7.09. The minimum Gasteiger partial charge on any atom is -0.418 e. The second-order valence-electron chi connectivity index (χ2n) is 4.68. The van der Waals surface area contributed by atoms with E-state index in [9.17, 15) is 17.3 Å². The largest absolute Gasteiger partial charge is 0.673 e. The van der Waals surface area contributed by atoms with Gasteiger partial charge >= 0.3 is 7.25 Å². The zero-order valence-corrected chi connectivity index (χ0v) is 12.5. The van der Waals surface area contributed by atoms with Crippen molar-refractivity contribution in [3.05, 3.63) is 18.7 Å². The fourth-order valence-corrected chi connectivity index (χ4v) is 2.18. The molecule has 0 radical (unpaired) electrons. The van der Waals surface area contributed by atoms with Crippen LogP contribution in [0.2, 0.25) is 0 Å². The molecule has 0 bridgehead atoms. The van der Waals surface area contributed by atoms with E-state index in [-0.39, 0.29) is 0 Å². The maximum absolute atomic E-state index is 9.75. The Labute approximate surface area is 130 Å². The van der Waals surface area contributed by atoms with Gasteiger partial charge in [-0.15, -0.1) is 4.98 Å². The molecule has 1 fully saturated rings. The molecule has 3 heterocycles. The first-order chi connectivity index (χ1) is 10.9. The van der Waals surface area contributed by atoms with Crippen molar-refractivity contribution in [2.75, 3.05) is 31.2 Å². The van der Waals surface area contributed by atoms with Gasteiger partial charge in [0.05, 0.1) is 26.0 Å². The first kappa shape index (κ1) is 17.3. The zero-order valence-electron chi connectivity index (χ0n) is 12.5. The van der Waals surface area contributed by atoms with Crippen molar-refractivity contribution in [2.45, 2.75) is 13.5 Å². The van der Waals surface area contributed by atoms with E-state index in [0.29, 0.717) is 0 Å². The molecule has 0 aromatic carbocycles. The van der Waals surface area contributed by atoms with Gasteiger partial charge in [0.15, 0.2) is 5.52 Å². The van der Waals surface area contributed by atoms with E-state index in [1.54, 1.807) is 12.4 Å². The number of anilines is 1. The number of hydrogen-bond donors (Lipinski definition) is 0. The number of ether oxygens (including phenoxy) is 1. The minimum absolute atomic E-state index is 0.742. The van der Waals surface area contributed by atoms with E-state index in [1.807, 2.05) is 10.9 Å². The summed E-state index contributed by atoms with van der Waals surface area (Å²) in [6.07, 6.45) is 5.27. The van der Waals surface area contributed by atoms with Gasteiger partial charge in [0.25, 0.3) is 5.65 Å². The summed E-state index contributed by atoms with van der Waals surface area (Å²) < 4.78 is 46.4. The summed E-state index contributed by atoms with van der Waals surface area (Å²) in [7, 11) is -6.00. The van der Waals surface area contributed by atoms with Crippen LogP contribution in [0.5, 0.6) is 0 Å². The Morgan fingerprint density at radius 1 is 1.13 bits per heavy atom. The number of fused-ring (bicyclic) bond motifs is 1. The van der Waals surface area contributed by atoms with E-state index in [4.69, 9.17) is 4.74 Å². The van der Waals surface area contributed by atoms with Crippen molar-refractivity contribution in [2.24, 2.45) is 0 Å². The lowest BCUT2D eigenvalue weighted by Gasteiger charge is -2.26. The maximum atomic E-state index is 9.75. The Kier molecular flexibility index (Phi) is 5.64. The lowest BCUT2D eigenvalue weighted by atomic mass is 10.3. The summed E-state index contributed by atoms with van der Waals surface area (Å²) in [4.78, 5) is 15.6. The van der Waals surface area contributed by atoms with Gasteiger partial charge in [-0.2, -0.15) is 0 Å². The third-order valence-electron chi connectivity index (χ3n) is 3.13. The Hall–Kier alpha value is -2.04. The van der Waals surface area contributed by atoms with Gasteiger partial charge in [0.1, 0.15) is 6.20 Å². The van der Waals surface area contributed by atoms with E-state index in [2.05, 4.69) is 26.8 Å². The highest BCUT2D eigenvalue weighted by atomic mass is 19.5. The smallest absolute Gasteiger partial charge is 0.418 e. The molecule has 0 amide bonds. The average Bonchev–Trinajstić information content (AvgIpc) is 2.53. The number of rotatable bonds is 2. The van der Waals surface area contributed by atoms with E-state index in [0.717, 1.165) is 49.8 Å². The first-order valence-corrected chi connectivity index (χ1v) is 7.09. The molecule has 0 N–H and O–H groups in total. The molecule has 0 saturated carbocycles. The Morgan fingerprint density at radius 2 is 1.74 bits per heavy atom. The summed E-state index contributed by atoms with van der Waals surface area (Å²) in [5.41, 5.74) is 1.75. The molecule has 1 aliphatic rings. The highest BCUT2D eigenvalue weighted by Gasteiger charge is 2.22. The van der Waals surface area contributed by atoms with Crippen LogP contribution in [0.3, 0.4) is 0 Å². The second kappa shape index (κ2) is 7.49. The van der Waals surface area contributed by atoms with Crippen molar-refractivity contribution in [3.63, 3.8) is 0 Å². The van der Waals surface area contributed by atoms with Crippen LogP contribution in [0.1, 0.15) is 6.92 Å². The topological polar surface area (TPSA) is 55.0 Å². The monoisotopic (exact) mass is 333 g/mol. The van der Waals surface area contributed by atoms with Crippen LogP contribution in [-0.4, -0.2) is 48.5 Å². The van der Waals surface area contributed by atoms with Crippen molar-refractivity contribution < 1.29 is 26.6 Å². The molecular weight excluding hydrogens is 317 g/mol. The number of aryl methyl sites for hydroxylation is 1. The number of morpholine rings is 1. The number of hydrogen-bond acceptors (Lipinski definition) is 5. The van der Waals surface area contributed by atoms with Gasteiger partial charge in [-0.1, -0.05) is 4.98 Å². The van der Waals surface area contributed by atoms with Crippen LogP contribution >= 0.6 is 0 Å². The average molecular weight is 333 g/mol. The Morgan fingerprint density at radius 3 is 2.35 bits per heavy atom. The van der Waals surface area contributed by atoms with Gasteiger partial charge < -0.3 is 26.9 Å². The SMILES string of the molecule is CC[n+]1cnc(N2CCOCC2)c2nccnc21.F[B-](F)(F)F. The van der Waals surface area contributed by atoms with Crippen LogP contribution < -0.4 is 9.47 Å². The fraction of sp³-hybridized carbons (Fsp3) is 0.500. The highest BCUT2D eigenvalue weighted by Crippen LogP contribution is 2.19. The molecule has 11 heteroatoms. The molecule has 23 heavy (non-hydrogen) atoms. The van der Waals surface area contributed by atoms with Crippen LogP contribution in [0.25, 0.3) is 11.2 Å². The molecule has 0 aliphatic carbocycles. The fourth-order valence-electron chi connectivity index (χ4n) is 2.18. The molecule has 126 valence electrons. The van der Waals surface area contributed by atoms with Gasteiger partial charge in [-0.25, -0.2) is 9.55 Å². The molecule has 0 spiro atoms. The Balaban J connectivity index is 0.000000338. The molecule has 6 nitrogen and oxygen atoms in total. The summed E-state index contributed by atoms with van der Waals surface area (Å²) in [6, 6.07) is 0. The molecule has 2 aromatic heterocycles. The van der Waals surface area contributed by atoms with Gasteiger partial charge in [0, 0.05) is 13.1 Å². The second-order valence-corrected chi connectivity index (χ2v) is 4.68. The molecule has 0 atom stereocenters. The standard InChI is InChI=1S/C12H16N5O.BF4/c1-2-16-9-15-12(17-5-7-18-8-6-17)10-11(16)14-4-3-13-10;2-1(3,4)5/h3-4,9H,2,5-8H2,1H3;/q+1;-1. The quantitative estimate of drug-likeness (QED) is 0.473. The normalized spacial score (nSPS) is 15.3. The predicted molar refractivity (Wildman–Crippen MR) is 76.4 cm³/mol. The van der Waals surface area contributed by atoms with Gasteiger partial charge in [0.2, 0.25) is 12.1 Å². The molecule has 2 aromatic rings. The van der Waals surface area contributed by atoms with Crippen LogP contribution in [0, 0.1) is 0 Å². The van der Waals surface area contributed by atoms with Crippen LogP contribution in [0.15, 0.2) is 18.7 Å². The van der Waals surface area contributed by atoms with E-state index < -0.39 is 7.25 Å². The summed E-state index contributed by atoms with van der Waals surface area (Å²) >= 11 is 0. The molecule has 1 saturated heterocycles. The number of aromatic nitrogens is 4. The summed E-state index contributed by atoms with van der Waals surface area (Å²) in [5.74, 6) is 0.908. The molecule has 1 aliphatic heterocycles. The Bertz CT molecular complexity index is 645. The van der Waals surface area contributed by atoms with Crippen molar-refractivity contribution in [1.29, 1.82) is 0 Å². The van der Waals surface area contributed by atoms with Crippen LogP contribution in [-0.2, 0) is 11.3 Å². The third kappa shape index (κ3) is 4.98. The number of nitrogens with zero attached hydrogens (tertiary/aromatic N) is 5. The molecule has 0 unspecified atom stereocenters. The summed E-state index contributed by atoms with van der Waals surface area (Å²) in [6.45, 7) is 6.11. The minimum atomic E-state index is -6.00. The summed E-state index contributed by atoms with van der Waals surface area (Å²) in [5, 5.41) is 0. The van der Waals surface area contributed by atoms with E-state index >= 15 is 0 Å². The lowest BCUT2D eigenvalue weighted by Crippen LogP contribution is -2.40. The van der Waals surface area contributed by atoms with Gasteiger partial charge in [-0.05, 0) is 6.92 Å². The van der Waals surface area contributed by atoms with Crippen molar-refractivity contribution in [3.8, 4) is 0 Å². The zero-order chi connectivity index (χ0) is 16.9. The molecule has 3 rings (SSSR count). The highest BCUT2D eigenvalue weighted by molar-refractivity contribution is 6.50. The lowest BCUT2D eigenvalue weighted by molar-refractivity contribution is -0.672. The molecular formula is C12H16BF4N5O. The predicted octanol–water partition coefficient (Wildman–Crippen LogP) is 1.47. The van der Waals surface area contributed by atoms with Gasteiger partial charge in [-0.3, -0.25) is 0 Å². The van der Waals surface area contributed by atoms with Crippen molar-refractivity contribution in [1.82, 2.24) is 15.0 Å². The van der Waals surface area contributed by atoms with Crippen LogP contribution in [0.4, 0.5) is 23.1 Å². The maximum Gasteiger partial charge on any atom is 0.673 e.